The molecule has 0 unspecified atom stereocenters. The highest BCUT2D eigenvalue weighted by Crippen LogP contribution is 2.17. The average Bonchev–Trinajstić information content (AvgIpc) is 2.72. The van der Waals surface area contributed by atoms with E-state index in [-0.39, 0.29) is 0 Å². The van der Waals surface area contributed by atoms with E-state index in [0.717, 1.165) is 22.3 Å². The fourth-order valence-corrected chi connectivity index (χ4v) is 1.75. The first-order chi connectivity index (χ1) is 8.33. The van der Waals surface area contributed by atoms with Gasteiger partial charge in [0.15, 0.2) is 0 Å². The van der Waals surface area contributed by atoms with Gasteiger partial charge >= 0.3 is 0 Å². The molecule has 0 aliphatic heterocycles. The van der Waals surface area contributed by atoms with Crippen molar-refractivity contribution in [1.82, 2.24) is 15.0 Å². The molecule has 0 fully saturated rings. The molecule has 17 heavy (non-hydrogen) atoms. The quantitative estimate of drug-likeness (QED) is 0.703. The fraction of sp³-hybridized carbons (Fsp3) is 0.0769. The Labute approximate surface area is 98.7 Å². The van der Waals surface area contributed by atoms with E-state index in [1.165, 1.54) is 0 Å². The summed E-state index contributed by atoms with van der Waals surface area (Å²) in [6, 6.07) is 9.88. The van der Waals surface area contributed by atoms with Gasteiger partial charge in [-0.15, -0.1) is 0 Å². The minimum atomic E-state index is 0.602. The topological polar surface area (TPSA) is 53.6 Å². The van der Waals surface area contributed by atoms with Crippen molar-refractivity contribution in [3.05, 3.63) is 48.3 Å². The minimum absolute atomic E-state index is 0.602. The molecule has 0 bridgehead atoms. The van der Waals surface area contributed by atoms with Gasteiger partial charge in [0.05, 0.1) is 0 Å². The van der Waals surface area contributed by atoms with Gasteiger partial charge in [0, 0.05) is 23.5 Å². The molecule has 3 rings (SSSR count). The second kappa shape index (κ2) is 3.90. The summed E-state index contributed by atoms with van der Waals surface area (Å²) < 4.78 is 0. The molecule has 84 valence electrons. The van der Waals surface area contributed by atoms with Crippen molar-refractivity contribution >= 4 is 22.7 Å². The number of hydrogen-bond donors (Lipinski definition) is 2. The summed E-state index contributed by atoms with van der Waals surface area (Å²) in [5.74, 6) is 0.602. The number of fused-ring (bicyclic) bond motifs is 1. The summed E-state index contributed by atoms with van der Waals surface area (Å²) in [5.41, 5.74) is 3.00. The van der Waals surface area contributed by atoms with E-state index in [0.29, 0.717) is 5.95 Å². The lowest BCUT2D eigenvalue weighted by atomic mass is 10.3. The second-order valence-corrected chi connectivity index (χ2v) is 3.92. The Morgan fingerprint density at radius 1 is 1.18 bits per heavy atom. The van der Waals surface area contributed by atoms with E-state index >= 15 is 0 Å². The van der Waals surface area contributed by atoms with Gasteiger partial charge in [-0.2, -0.15) is 4.98 Å². The molecule has 0 amide bonds. The van der Waals surface area contributed by atoms with Gasteiger partial charge < -0.3 is 10.3 Å². The first kappa shape index (κ1) is 9.84. The van der Waals surface area contributed by atoms with E-state index in [1.807, 2.05) is 49.6 Å². The number of nitrogens with one attached hydrogen (secondary N) is 2. The highest BCUT2D eigenvalue weighted by molar-refractivity contribution is 5.79. The molecule has 1 aromatic carbocycles. The first-order valence-electron chi connectivity index (χ1n) is 5.46. The molecule has 3 aromatic rings. The van der Waals surface area contributed by atoms with Crippen LogP contribution >= 0.6 is 0 Å². The van der Waals surface area contributed by atoms with Gasteiger partial charge in [-0.1, -0.05) is 18.2 Å². The second-order valence-electron chi connectivity index (χ2n) is 3.92. The van der Waals surface area contributed by atoms with Crippen molar-refractivity contribution < 1.29 is 0 Å². The van der Waals surface area contributed by atoms with Crippen LogP contribution in [0.25, 0.3) is 11.0 Å². The average molecular weight is 224 g/mol. The van der Waals surface area contributed by atoms with Crippen molar-refractivity contribution in [2.45, 2.75) is 6.92 Å². The smallest absolute Gasteiger partial charge is 0.229 e. The molecule has 0 radical (unpaired) electrons. The number of H-pyrrole nitrogens is 1. The molecule has 2 heterocycles. The van der Waals surface area contributed by atoms with Gasteiger partial charge in [0.25, 0.3) is 0 Å². The number of benzene rings is 1. The zero-order valence-corrected chi connectivity index (χ0v) is 9.44. The predicted octanol–water partition coefficient (Wildman–Crippen LogP) is 3.01. The zero-order chi connectivity index (χ0) is 11.7. The molecule has 2 N–H and O–H groups in total. The molecule has 2 aromatic heterocycles. The highest BCUT2D eigenvalue weighted by Gasteiger charge is 2.03. The number of aromatic amines is 1. The van der Waals surface area contributed by atoms with E-state index in [2.05, 4.69) is 20.3 Å². The molecule has 0 atom stereocenters. The van der Waals surface area contributed by atoms with Crippen LogP contribution in [0.15, 0.2) is 42.7 Å². The van der Waals surface area contributed by atoms with Crippen LogP contribution in [0.5, 0.6) is 0 Å². The Balaban J connectivity index is 1.96. The standard InChI is InChI=1S/C13H12N4/c1-9-7-14-12-11(9)8-15-13(17-12)16-10-5-3-2-4-6-10/h2-8H,1H3,(H2,14,15,16,17). The summed E-state index contributed by atoms with van der Waals surface area (Å²) in [4.78, 5) is 11.8. The van der Waals surface area contributed by atoms with Crippen molar-refractivity contribution in [2.24, 2.45) is 0 Å². The molecular formula is C13H12N4. The van der Waals surface area contributed by atoms with Crippen molar-refractivity contribution in [2.75, 3.05) is 5.32 Å². The Morgan fingerprint density at radius 2 is 2.00 bits per heavy atom. The van der Waals surface area contributed by atoms with E-state index < -0.39 is 0 Å². The lowest BCUT2D eigenvalue weighted by Gasteiger charge is -2.03. The third-order valence-electron chi connectivity index (χ3n) is 2.67. The SMILES string of the molecule is Cc1c[nH]c2nc(Nc3ccccc3)ncc12. The van der Waals surface area contributed by atoms with Gasteiger partial charge in [0.1, 0.15) is 5.65 Å². The van der Waals surface area contributed by atoms with E-state index in [9.17, 15) is 0 Å². The first-order valence-corrected chi connectivity index (χ1v) is 5.46. The number of aromatic nitrogens is 3. The third-order valence-corrected chi connectivity index (χ3v) is 2.67. The van der Waals surface area contributed by atoms with Crippen LogP contribution in [0.2, 0.25) is 0 Å². The van der Waals surface area contributed by atoms with Crippen LogP contribution in [0.4, 0.5) is 11.6 Å². The zero-order valence-electron chi connectivity index (χ0n) is 9.44. The molecule has 4 heteroatoms. The Kier molecular flexibility index (Phi) is 2.26. The van der Waals surface area contributed by atoms with Gasteiger partial charge in [0.2, 0.25) is 5.95 Å². The van der Waals surface area contributed by atoms with Crippen LogP contribution in [-0.4, -0.2) is 15.0 Å². The van der Waals surface area contributed by atoms with Gasteiger partial charge in [-0.05, 0) is 24.6 Å². The Bertz CT molecular complexity index is 643. The monoisotopic (exact) mass is 224 g/mol. The number of rotatable bonds is 2. The summed E-state index contributed by atoms with van der Waals surface area (Å²) in [7, 11) is 0. The maximum Gasteiger partial charge on any atom is 0.229 e. The predicted molar refractivity (Wildman–Crippen MR) is 68.4 cm³/mol. The Morgan fingerprint density at radius 3 is 2.82 bits per heavy atom. The third kappa shape index (κ3) is 1.85. The maximum atomic E-state index is 4.41. The van der Waals surface area contributed by atoms with E-state index in [1.54, 1.807) is 0 Å². The van der Waals surface area contributed by atoms with Crippen LogP contribution < -0.4 is 5.32 Å². The molecule has 0 saturated carbocycles. The summed E-state index contributed by atoms with van der Waals surface area (Å²) >= 11 is 0. The maximum absolute atomic E-state index is 4.41. The molecular weight excluding hydrogens is 212 g/mol. The number of anilines is 2. The number of para-hydroxylation sites is 1. The van der Waals surface area contributed by atoms with Crippen molar-refractivity contribution in [3.63, 3.8) is 0 Å². The largest absolute Gasteiger partial charge is 0.346 e. The summed E-state index contributed by atoms with van der Waals surface area (Å²) in [6.45, 7) is 2.03. The van der Waals surface area contributed by atoms with Gasteiger partial charge in [-0.3, -0.25) is 0 Å². The molecule has 0 aliphatic rings. The molecule has 0 saturated heterocycles. The highest BCUT2D eigenvalue weighted by atomic mass is 15.1. The summed E-state index contributed by atoms with van der Waals surface area (Å²) in [6.07, 6.45) is 3.77. The number of nitrogens with zero attached hydrogens (tertiary/aromatic N) is 2. The molecule has 0 spiro atoms. The minimum Gasteiger partial charge on any atom is -0.346 e. The van der Waals surface area contributed by atoms with Crippen molar-refractivity contribution in [1.29, 1.82) is 0 Å². The van der Waals surface area contributed by atoms with E-state index in [4.69, 9.17) is 0 Å². The Hall–Kier alpha value is -2.36. The summed E-state index contributed by atoms with van der Waals surface area (Å²) in [5, 5.41) is 4.22. The van der Waals surface area contributed by atoms with Crippen LogP contribution in [0.1, 0.15) is 5.56 Å². The lowest BCUT2D eigenvalue weighted by molar-refractivity contribution is 1.19. The van der Waals surface area contributed by atoms with Crippen molar-refractivity contribution in [3.8, 4) is 0 Å². The fourth-order valence-electron chi connectivity index (χ4n) is 1.75. The van der Waals surface area contributed by atoms with Crippen LogP contribution in [0.3, 0.4) is 0 Å². The lowest BCUT2D eigenvalue weighted by Crippen LogP contribution is -1.96. The number of aryl methyl sites for hydroxylation is 1. The molecule has 0 aliphatic carbocycles. The normalized spacial score (nSPS) is 10.6. The van der Waals surface area contributed by atoms with Crippen LogP contribution in [-0.2, 0) is 0 Å². The van der Waals surface area contributed by atoms with Gasteiger partial charge in [-0.25, -0.2) is 4.98 Å². The van der Waals surface area contributed by atoms with Crippen LogP contribution in [0, 0.1) is 6.92 Å². The molecule has 4 nitrogen and oxygen atoms in total. The number of hydrogen-bond acceptors (Lipinski definition) is 3.